The molecule has 0 aliphatic carbocycles. The SMILES string of the molecule is CC1=C(C(=O)OCCN(C)Cc2ccccc2)C(c2ccccc2[N+](=O)[O-])C(C(=O)OC(C)C)=C(C)N1. The second kappa shape index (κ2) is 12.3. The average Bonchev–Trinajstić information content (AvgIpc) is 2.83. The number of allylic oxidation sites excluding steroid dienone is 2. The maximum atomic E-state index is 13.4. The quantitative estimate of drug-likeness (QED) is 0.285. The van der Waals surface area contributed by atoms with Gasteiger partial charge >= 0.3 is 11.9 Å². The van der Waals surface area contributed by atoms with Crippen molar-refractivity contribution >= 4 is 17.6 Å². The van der Waals surface area contributed by atoms with Gasteiger partial charge in [-0.3, -0.25) is 15.0 Å². The number of esters is 2. The molecule has 2 aromatic carbocycles. The largest absolute Gasteiger partial charge is 0.461 e. The molecule has 196 valence electrons. The summed E-state index contributed by atoms with van der Waals surface area (Å²) in [5.74, 6) is -2.32. The van der Waals surface area contributed by atoms with Crippen LogP contribution in [0, 0.1) is 10.1 Å². The minimum Gasteiger partial charge on any atom is -0.461 e. The number of nitrogens with zero attached hydrogens (tertiary/aromatic N) is 2. The summed E-state index contributed by atoms with van der Waals surface area (Å²) < 4.78 is 11.1. The van der Waals surface area contributed by atoms with E-state index in [2.05, 4.69) is 5.32 Å². The summed E-state index contributed by atoms with van der Waals surface area (Å²) >= 11 is 0. The summed E-state index contributed by atoms with van der Waals surface area (Å²) in [5.41, 5.74) is 2.36. The van der Waals surface area contributed by atoms with Gasteiger partial charge in [0.25, 0.3) is 5.69 Å². The van der Waals surface area contributed by atoms with E-state index in [1.165, 1.54) is 6.07 Å². The van der Waals surface area contributed by atoms with Gasteiger partial charge in [-0.1, -0.05) is 48.5 Å². The molecule has 1 aliphatic rings. The van der Waals surface area contributed by atoms with Crippen LogP contribution in [0.25, 0.3) is 0 Å². The summed E-state index contributed by atoms with van der Waals surface area (Å²) in [5, 5.41) is 14.9. The van der Waals surface area contributed by atoms with Crippen LogP contribution in [0.4, 0.5) is 5.69 Å². The first-order valence-corrected chi connectivity index (χ1v) is 12.1. The third-order valence-corrected chi connectivity index (χ3v) is 5.99. The molecule has 3 rings (SSSR count). The minimum atomic E-state index is -1.02. The van der Waals surface area contributed by atoms with Crippen molar-refractivity contribution < 1.29 is 24.0 Å². The van der Waals surface area contributed by atoms with Crippen LogP contribution in [0.2, 0.25) is 0 Å². The number of hydrogen-bond acceptors (Lipinski definition) is 8. The first kappa shape index (κ1) is 27.6. The van der Waals surface area contributed by atoms with Crippen molar-refractivity contribution in [2.24, 2.45) is 0 Å². The Hall–Kier alpha value is -3.98. The number of likely N-dealkylation sites (N-methyl/N-ethyl adjacent to an activating group) is 1. The fourth-order valence-electron chi connectivity index (χ4n) is 4.37. The van der Waals surface area contributed by atoms with Crippen LogP contribution >= 0.6 is 0 Å². The van der Waals surface area contributed by atoms with Gasteiger partial charge in [-0.25, -0.2) is 9.59 Å². The second-order valence-electron chi connectivity index (χ2n) is 9.26. The Morgan fingerprint density at radius 3 is 2.22 bits per heavy atom. The van der Waals surface area contributed by atoms with Gasteiger partial charge in [0.05, 0.1) is 28.1 Å². The fraction of sp³-hybridized carbons (Fsp3) is 0.357. The van der Waals surface area contributed by atoms with E-state index in [-0.39, 0.29) is 29.0 Å². The first-order valence-electron chi connectivity index (χ1n) is 12.1. The van der Waals surface area contributed by atoms with Crippen LogP contribution in [0.3, 0.4) is 0 Å². The van der Waals surface area contributed by atoms with Crippen LogP contribution < -0.4 is 5.32 Å². The molecule has 0 aromatic heterocycles. The number of para-hydroxylation sites is 1. The lowest BCUT2D eigenvalue weighted by atomic mass is 9.79. The van der Waals surface area contributed by atoms with Crippen LogP contribution in [0.15, 0.2) is 77.1 Å². The second-order valence-corrected chi connectivity index (χ2v) is 9.26. The van der Waals surface area contributed by atoms with Gasteiger partial charge in [0.1, 0.15) is 6.61 Å². The molecule has 1 unspecified atom stereocenters. The zero-order valence-electron chi connectivity index (χ0n) is 21.8. The Morgan fingerprint density at radius 2 is 1.59 bits per heavy atom. The lowest BCUT2D eigenvalue weighted by Gasteiger charge is -2.30. The van der Waals surface area contributed by atoms with E-state index in [4.69, 9.17) is 9.47 Å². The monoisotopic (exact) mass is 507 g/mol. The molecule has 1 aliphatic heterocycles. The molecule has 9 nitrogen and oxygen atoms in total. The molecule has 0 radical (unpaired) electrons. The number of carbonyl (C=O) groups is 2. The van der Waals surface area contributed by atoms with Crippen molar-refractivity contribution in [1.82, 2.24) is 10.2 Å². The number of nitro benzene ring substituents is 1. The summed E-state index contributed by atoms with van der Waals surface area (Å²) in [7, 11) is 1.93. The van der Waals surface area contributed by atoms with Gasteiger partial charge in [0, 0.05) is 36.1 Å². The van der Waals surface area contributed by atoms with Crippen LogP contribution in [-0.2, 0) is 25.6 Å². The number of benzene rings is 2. The molecule has 0 saturated carbocycles. The van der Waals surface area contributed by atoms with Gasteiger partial charge < -0.3 is 14.8 Å². The normalized spacial score (nSPS) is 15.6. The Labute approximate surface area is 216 Å². The Bertz CT molecular complexity index is 1220. The molecule has 0 fully saturated rings. The van der Waals surface area contributed by atoms with Crippen LogP contribution in [0.1, 0.15) is 44.7 Å². The van der Waals surface area contributed by atoms with Crippen LogP contribution in [0.5, 0.6) is 0 Å². The minimum absolute atomic E-state index is 0.108. The van der Waals surface area contributed by atoms with E-state index < -0.39 is 28.9 Å². The van der Waals surface area contributed by atoms with E-state index in [0.29, 0.717) is 24.5 Å². The molecule has 0 saturated heterocycles. The molecule has 1 N–H and O–H groups in total. The van der Waals surface area contributed by atoms with Crippen molar-refractivity contribution in [2.75, 3.05) is 20.2 Å². The summed E-state index contributed by atoms with van der Waals surface area (Å²) in [6.07, 6.45) is -0.415. The number of carbonyl (C=O) groups excluding carboxylic acids is 2. The Morgan fingerprint density at radius 1 is 1.00 bits per heavy atom. The van der Waals surface area contributed by atoms with Crippen LogP contribution in [-0.4, -0.2) is 48.1 Å². The van der Waals surface area contributed by atoms with E-state index in [1.54, 1.807) is 45.9 Å². The smallest absolute Gasteiger partial charge is 0.337 e. The highest BCUT2D eigenvalue weighted by Gasteiger charge is 2.41. The van der Waals surface area contributed by atoms with Gasteiger partial charge in [-0.2, -0.15) is 0 Å². The van der Waals surface area contributed by atoms with E-state index in [1.807, 2.05) is 42.3 Å². The molecule has 0 spiro atoms. The number of nitrogens with one attached hydrogen (secondary N) is 1. The number of dihydropyridines is 1. The van der Waals surface area contributed by atoms with Crippen molar-refractivity contribution in [3.05, 3.63) is 98.4 Å². The van der Waals surface area contributed by atoms with Crippen molar-refractivity contribution in [3.8, 4) is 0 Å². The standard InChI is InChI=1S/C28H33N3O6/c1-18(2)37-28(33)25-20(4)29-19(3)24(26(25)22-13-9-10-14-23(22)31(34)35)27(32)36-16-15-30(5)17-21-11-7-6-8-12-21/h6-14,18,26,29H,15-17H2,1-5H3. The molecule has 9 heteroatoms. The van der Waals surface area contributed by atoms with Crippen molar-refractivity contribution in [3.63, 3.8) is 0 Å². The van der Waals surface area contributed by atoms with Gasteiger partial charge in [-0.15, -0.1) is 0 Å². The molecule has 0 amide bonds. The van der Waals surface area contributed by atoms with Gasteiger partial charge in [-0.05, 0) is 40.3 Å². The van der Waals surface area contributed by atoms with Crippen molar-refractivity contribution in [1.29, 1.82) is 0 Å². The maximum absolute atomic E-state index is 13.4. The molecule has 0 bridgehead atoms. The number of nitro groups is 1. The zero-order valence-corrected chi connectivity index (χ0v) is 21.8. The third kappa shape index (κ3) is 6.83. The molecular weight excluding hydrogens is 474 g/mol. The summed E-state index contributed by atoms with van der Waals surface area (Å²) in [6, 6.07) is 16.0. The number of rotatable bonds is 10. The molecule has 37 heavy (non-hydrogen) atoms. The molecular formula is C28H33N3O6. The van der Waals surface area contributed by atoms with E-state index in [9.17, 15) is 19.7 Å². The third-order valence-electron chi connectivity index (χ3n) is 5.99. The highest BCUT2D eigenvalue weighted by atomic mass is 16.6. The predicted octanol–water partition coefficient (Wildman–Crippen LogP) is 4.46. The highest BCUT2D eigenvalue weighted by molar-refractivity contribution is 6.00. The number of hydrogen-bond donors (Lipinski definition) is 1. The fourth-order valence-corrected chi connectivity index (χ4v) is 4.37. The van der Waals surface area contributed by atoms with E-state index in [0.717, 1.165) is 5.56 Å². The summed E-state index contributed by atoms with van der Waals surface area (Å²) in [4.78, 5) is 40.0. The first-order chi connectivity index (χ1) is 17.6. The lowest BCUT2D eigenvalue weighted by molar-refractivity contribution is -0.385. The van der Waals surface area contributed by atoms with Crippen molar-refractivity contribution in [2.45, 2.75) is 46.3 Å². The Kier molecular flexibility index (Phi) is 9.19. The zero-order chi connectivity index (χ0) is 27.1. The Balaban J connectivity index is 1.90. The number of ether oxygens (including phenoxy) is 2. The summed E-state index contributed by atoms with van der Waals surface area (Å²) in [6.45, 7) is 8.08. The maximum Gasteiger partial charge on any atom is 0.337 e. The average molecular weight is 508 g/mol. The lowest BCUT2D eigenvalue weighted by Crippen LogP contribution is -2.34. The topological polar surface area (TPSA) is 111 Å². The highest BCUT2D eigenvalue weighted by Crippen LogP contribution is 2.42. The molecule has 1 heterocycles. The predicted molar refractivity (Wildman–Crippen MR) is 139 cm³/mol. The van der Waals surface area contributed by atoms with E-state index >= 15 is 0 Å². The van der Waals surface area contributed by atoms with Gasteiger partial charge in [0.15, 0.2) is 0 Å². The van der Waals surface area contributed by atoms with Gasteiger partial charge in [0.2, 0.25) is 0 Å². The molecule has 1 atom stereocenters. The molecule has 2 aromatic rings.